The van der Waals surface area contributed by atoms with E-state index in [-0.39, 0.29) is 18.4 Å². The van der Waals surface area contributed by atoms with Crippen LogP contribution >= 0.6 is 0 Å². The van der Waals surface area contributed by atoms with Crippen molar-refractivity contribution >= 4 is 17.8 Å². The number of benzene rings is 3. The van der Waals surface area contributed by atoms with Crippen molar-refractivity contribution in [1.82, 2.24) is 14.5 Å². The van der Waals surface area contributed by atoms with Crippen molar-refractivity contribution in [1.29, 1.82) is 0 Å². The number of anilines is 1. The zero-order valence-electron chi connectivity index (χ0n) is 21.1. The predicted molar refractivity (Wildman–Crippen MR) is 144 cm³/mol. The molecule has 1 aliphatic carbocycles. The number of ether oxygens (including phenoxy) is 1. The molecule has 1 heterocycles. The lowest BCUT2D eigenvalue weighted by Gasteiger charge is -2.22. The number of imidazole rings is 1. The summed E-state index contributed by atoms with van der Waals surface area (Å²) in [6.45, 7) is 2.51. The highest BCUT2D eigenvalue weighted by Gasteiger charge is 2.29. The fourth-order valence-electron chi connectivity index (χ4n) is 4.30. The minimum atomic E-state index is -0.295. The number of methoxy groups -OCH3 is 1. The molecule has 2 amide bonds. The van der Waals surface area contributed by atoms with E-state index in [1.54, 1.807) is 36.3 Å². The third-order valence-electron chi connectivity index (χ3n) is 6.42. The molecule has 1 saturated carbocycles. The lowest BCUT2D eigenvalue weighted by Crippen LogP contribution is -2.39. The molecule has 0 bridgehead atoms. The number of carbonyl (C=O) groups is 2. The Balaban J connectivity index is 1.40. The minimum absolute atomic E-state index is 0.0616. The van der Waals surface area contributed by atoms with Gasteiger partial charge in [-0.15, -0.1) is 0 Å². The molecular weight excluding hydrogens is 464 g/mol. The van der Waals surface area contributed by atoms with Gasteiger partial charge < -0.3 is 9.64 Å². The molecule has 1 aliphatic rings. The average Bonchev–Trinajstić information content (AvgIpc) is 3.65. The Kier molecular flexibility index (Phi) is 7.03. The van der Waals surface area contributed by atoms with E-state index < -0.39 is 0 Å². The van der Waals surface area contributed by atoms with E-state index in [0.717, 1.165) is 35.3 Å². The number of amides is 2. The maximum atomic E-state index is 13.3. The van der Waals surface area contributed by atoms with Crippen LogP contribution in [0.15, 0.2) is 85.1 Å². The van der Waals surface area contributed by atoms with Crippen LogP contribution in [0, 0.1) is 12.8 Å². The third-order valence-corrected chi connectivity index (χ3v) is 6.42. The first-order valence-corrected chi connectivity index (χ1v) is 12.4. The summed E-state index contributed by atoms with van der Waals surface area (Å²) in [5.41, 5.74) is 4.20. The second-order valence-electron chi connectivity index (χ2n) is 9.43. The maximum Gasteiger partial charge on any atom is 0.254 e. The van der Waals surface area contributed by atoms with Gasteiger partial charge in [-0.2, -0.15) is 0 Å². The molecule has 1 N–H and O–H groups in total. The second-order valence-corrected chi connectivity index (χ2v) is 9.43. The standard InChI is InChI=1S/C30H30N4O3/c1-21-8-6-12-25(16-21)34-19-27(23-9-4-3-5-10-23)31-30(34)32-28(35)20-33(18-22-14-15-22)29(36)24-11-7-13-26(17-24)37-2/h3-13,16-17,19,22H,14-15,18,20H2,1-2H3,(H,31,32,35). The normalized spacial score (nSPS) is 12.7. The first-order valence-electron chi connectivity index (χ1n) is 12.4. The lowest BCUT2D eigenvalue weighted by molar-refractivity contribution is -0.117. The Bertz CT molecular complexity index is 1410. The number of hydrogen-bond acceptors (Lipinski definition) is 4. The van der Waals surface area contributed by atoms with Gasteiger partial charge in [-0.3, -0.25) is 19.5 Å². The number of aromatic nitrogens is 2. The van der Waals surface area contributed by atoms with Crippen LogP contribution in [-0.2, 0) is 4.79 Å². The highest BCUT2D eigenvalue weighted by atomic mass is 16.5. The highest BCUT2D eigenvalue weighted by molar-refractivity contribution is 5.99. The minimum Gasteiger partial charge on any atom is -0.497 e. The van der Waals surface area contributed by atoms with Gasteiger partial charge in [0.05, 0.1) is 12.8 Å². The Morgan fingerprint density at radius 1 is 1.03 bits per heavy atom. The number of rotatable bonds is 9. The van der Waals surface area contributed by atoms with Gasteiger partial charge in [-0.05, 0) is 61.6 Å². The van der Waals surface area contributed by atoms with Crippen molar-refractivity contribution in [3.05, 3.63) is 96.2 Å². The van der Waals surface area contributed by atoms with E-state index in [9.17, 15) is 9.59 Å². The molecule has 0 atom stereocenters. The van der Waals surface area contributed by atoms with Crippen molar-refractivity contribution in [2.75, 3.05) is 25.5 Å². The van der Waals surface area contributed by atoms with E-state index in [1.807, 2.05) is 72.3 Å². The predicted octanol–water partition coefficient (Wildman–Crippen LogP) is 5.35. The zero-order chi connectivity index (χ0) is 25.8. The quantitative estimate of drug-likeness (QED) is 0.340. The van der Waals surface area contributed by atoms with Crippen molar-refractivity contribution < 1.29 is 14.3 Å². The first-order chi connectivity index (χ1) is 18.0. The van der Waals surface area contributed by atoms with E-state index in [2.05, 4.69) is 5.32 Å². The fourth-order valence-corrected chi connectivity index (χ4v) is 4.30. The second kappa shape index (κ2) is 10.7. The Morgan fingerprint density at radius 3 is 2.54 bits per heavy atom. The van der Waals surface area contributed by atoms with E-state index >= 15 is 0 Å². The largest absolute Gasteiger partial charge is 0.497 e. The Labute approximate surface area is 216 Å². The molecule has 7 heteroatoms. The molecule has 1 aromatic heterocycles. The summed E-state index contributed by atoms with van der Waals surface area (Å²) in [5, 5.41) is 2.97. The van der Waals surface area contributed by atoms with Crippen LogP contribution in [0.25, 0.3) is 16.9 Å². The van der Waals surface area contributed by atoms with Crippen LogP contribution in [0.3, 0.4) is 0 Å². The Morgan fingerprint density at radius 2 is 1.81 bits per heavy atom. The Hall–Kier alpha value is -4.39. The van der Waals surface area contributed by atoms with Gasteiger partial charge in [0.2, 0.25) is 11.9 Å². The number of nitrogens with one attached hydrogen (secondary N) is 1. The van der Waals surface area contributed by atoms with Crippen molar-refractivity contribution in [2.24, 2.45) is 5.92 Å². The summed E-state index contributed by atoms with van der Waals surface area (Å²) >= 11 is 0. The molecule has 3 aromatic carbocycles. The van der Waals surface area contributed by atoms with Gasteiger partial charge in [-0.25, -0.2) is 4.98 Å². The molecule has 0 spiro atoms. The van der Waals surface area contributed by atoms with Crippen LogP contribution in [0.5, 0.6) is 5.75 Å². The summed E-state index contributed by atoms with van der Waals surface area (Å²) in [6.07, 6.45) is 4.06. The van der Waals surface area contributed by atoms with Crippen molar-refractivity contribution in [3.63, 3.8) is 0 Å². The zero-order valence-corrected chi connectivity index (χ0v) is 21.1. The number of aryl methyl sites for hydroxylation is 1. The van der Waals surface area contributed by atoms with Crippen LogP contribution in [-0.4, -0.2) is 46.5 Å². The van der Waals surface area contributed by atoms with E-state index in [4.69, 9.17) is 9.72 Å². The van der Waals surface area contributed by atoms with Gasteiger partial charge in [0.1, 0.15) is 12.3 Å². The number of hydrogen-bond donors (Lipinski definition) is 1. The molecule has 37 heavy (non-hydrogen) atoms. The molecule has 5 rings (SSSR count). The summed E-state index contributed by atoms with van der Waals surface area (Å²) in [4.78, 5) is 33.0. The van der Waals surface area contributed by atoms with Crippen molar-refractivity contribution in [2.45, 2.75) is 19.8 Å². The lowest BCUT2D eigenvalue weighted by atomic mass is 10.1. The molecule has 7 nitrogen and oxygen atoms in total. The summed E-state index contributed by atoms with van der Waals surface area (Å²) in [7, 11) is 1.57. The van der Waals surface area contributed by atoms with Gasteiger partial charge in [0.15, 0.2) is 0 Å². The van der Waals surface area contributed by atoms with Crippen LogP contribution < -0.4 is 10.1 Å². The van der Waals surface area contributed by atoms with E-state index in [1.165, 1.54) is 0 Å². The van der Waals surface area contributed by atoms with Crippen LogP contribution in [0.1, 0.15) is 28.8 Å². The summed E-state index contributed by atoms with van der Waals surface area (Å²) in [5.74, 6) is 0.968. The average molecular weight is 495 g/mol. The molecule has 188 valence electrons. The maximum absolute atomic E-state index is 13.3. The van der Waals surface area contributed by atoms with Gasteiger partial charge in [0.25, 0.3) is 5.91 Å². The van der Waals surface area contributed by atoms with Gasteiger partial charge in [-0.1, -0.05) is 48.5 Å². The molecule has 0 radical (unpaired) electrons. The fraction of sp³-hybridized carbons (Fsp3) is 0.233. The van der Waals surface area contributed by atoms with Crippen LogP contribution in [0.4, 0.5) is 5.95 Å². The molecule has 0 aliphatic heterocycles. The summed E-state index contributed by atoms with van der Waals surface area (Å²) < 4.78 is 7.16. The van der Waals surface area contributed by atoms with Gasteiger partial charge >= 0.3 is 0 Å². The highest BCUT2D eigenvalue weighted by Crippen LogP contribution is 2.30. The third kappa shape index (κ3) is 5.89. The topological polar surface area (TPSA) is 76.5 Å². The monoisotopic (exact) mass is 494 g/mol. The number of nitrogens with zero attached hydrogens (tertiary/aromatic N) is 3. The smallest absolute Gasteiger partial charge is 0.254 e. The van der Waals surface area contributed by atoms with Crippen LogP contribution in [0.2, 0.25) is 0 Å². The molecule has 0 saturated heterocycles. The molecule has 1 fully saturated rings. The SMILES string of the molecule is COc1cccc(C(=O)N(CC(=O)Nc2nc(-c3ccccc3)cn2-c2cccc(C)c2)CC2CC2)c1. The number of carbonyl (C=O) groups excluding carboxylic acids is 2. The molecular formula is C30H30N4O3. The molecule has 4 aromatic rings. The van der Waals surface area contributed by atoms with Gasteiger partial charge in [0, 0.05) is 29.6 Å². The summed E-state index contributed by atoms with van der Waals surface area (Å²) in [6, 6.07) is 24.9. The molecule has 0 unspecified atom stereocenters. The van der Waals surface area contributed by atoms with Crippen molar-refractivity contribution in [3.8, 4) is 22.7 Å². The first kappa shape index (κ1) is 24.3. The van der Waals surface area contributed by atoms with E-state index in [0.29, 0.717) is 29.7 Å².